The number of H-pyrrole nitrogens is 1. The summed E-state index contributed by atoms with van der Waals surface area (Å²) in [5, 5.41) is 16.6. The summed E-state index contributed by atoms with van der Waals surface area (Å²) in [6, 6.07) is 21.9. The summed E-state index contributed by atoms with van der Waals surface area (Å²) >= 11 is 1.64. The first-order chi connectivity index (χ1) is 24.4. The van der Waals surface area contributed by atoms with E-state index in [1.807, 2.05) is 41.3 Å². The van der Waals surface area contributed by atoms with E-state index in [1.54, 1.807) is 24.2 Å². The van der Waals surface area contributed by atoms with E-state index in [4.69, 9.17) is 14.6 Å². The fourth-order valence-electron chi connectivity index (χ4n) is 5.97. The van der Waals surface area contributed by atoms with Gasteiger partial charge in [-0.05, 0) is 87.0 Å². The van der Waals surface area contributed by atoms with Gasteiger partial charge < -0.3 is 29.3 Å². The number of carboxylic acid groups (broad SMARTS) is 1. The molecular formula is C37H47N7O5S. The molecule has 6 rings (SSSR count). The average molecular weight is 702 g/mol. The highest BCUT2D eigenvalue weighted by atomic mass is 32.2. The second kappa shape index (κ2) is 19.5. The maximum atomic E-state index is 12.6. The molecule has 0 unspecified atom stereocenters. The molecule has 2 N–H and O–H groups in total. The van der Waals surface area contributed by atoms with Crippen molar-refractivity contribution < 1.29 is 24.2 Å². The lowest BCUT2D eigenvalue weighted by atomic mass is 9.93. The van der Waals surface area contributed by atoms with Crippen LogP contribution < -0.4 is 9.47 Å². The number of likely N-dealkylation sites (tertiary alicyclic amines) is 2. The number of thioether (sulfide) groups is 1. The van der Waals surface area contributed by atoms with E-state index in [1.165, 1.54) is 23.2 Å². The Balaban J connectivity index is 0.000000269. The highest BCUT2D eigenvalue weighted by Crippen LogP contribution is 2.27. The van der Waals surface area contributed by atoms with Crippen LogP contribution in [0.4, 0.5) is 9.59 Å². The number of nitrogens with one attached hydrogen (secondary N) is 1. The summed E-state index contributed by atoms with van der Waals surface area (Å²) in [5.41, 5.74) is 2.48. The molecule has 0 spiro atoms. The van der Waals surface area contributed by atoms with Gasteiger partial charge in [0.1, 0.15) is 17.8 Å². The molecule has 0 atom stereocenters. The Kier molecular flexibility index (Phi) is 14.3. The van der Waals surface area contributed by atoms with Crippen molar-refractivity contribution in [3.05, 3.63) is 96.6 Å². The van der Waals surface area contributed by atoms with Crippen molar-refractivity contribution in [2.45, 2.75) is 55.5 Å². The number of ether oxygens (including phenoxy) is 2. The van der Waals surface area contributed by atoms with Gasteiger partial charge in [-0.1, -0.05) is 54.2 Å². The molecule has 2 saturated heterocycles. The lowest BCUT2D eigenvalue weighted by molar-refractivity contribution is 0.126. The fourth-order valence-corrected chi connectivity index (χ4v) is 6.94. The van der Waals surface area contributed by atoms with Crippen LogP contribution in [0, 0.1) is 5.92 Å². The molecule has 0 radical (unpaired) electrons. The van der Waals surface area contributed by atoms with Crippen molar-refractivity contribution in [1.29, 1.82) is 0 Å². The van der Waals surface area contributed by atoms with Crippen molar-refractivity contribution >= 4 is 23.9 Å². The monoisotopic (exact) mass is 701 g/mol. The van der Waals surface area contributed by atoms with Crippen molar-refractivity contribution in [3.63, 3.8) is 0 Å². The third kappa shape index (κ3) is 12.4. The highest BCUT2D eigenvalue weighted by Gasteiger charge is 2.25. The van der Waals surface area contributed by atoms with Gasteiger partial charge in [-0.2, -0.15) is 5.10 Å². The molecule has 4 heterocycles. The summed E-state index contributed by atoms with van der Waals surface area (Å²) in [7, 11) is 2.18. The Bertz CT molecular complexity index is 1550. The predicted molar refractivity (Wildman–Crippen MR) is 192 cm³/mol. The number of carbonyl (C=O) groups is 2. The highest BCUT2D eigenvalue weighted by molar-refractivity contribution is 7.99. The lowest BCUT2D eigenvalue weighted by Gasteiger charge is -2.32. The summed E-state index contributed by atoms with van der Waals surface area (Å²) in [6.07, 6.45) is 9.60. The van der Waals surface area contributed by atoms with Crippen LogP contribution in [0.15, 0.2) is 90.6 Å². The Labute approximate surface area is 298 Å². The molecule has 13 heteroatoms. The van der Waals surface area contributed by atoms with Gasteiger partial charge in [-0.25, -0.2) is 14.6 Å². The number of piperidine rings is 2. The first-order valence-electron chi connectivity index (χ1n) is 17.2. The SMILES string of the molecule is CN(CCC1CCN(C(=O)Oc2ccc(CCOc3ccncc3)cc2)CC1)Cc1ccccc1.O=C(O)N1CCC(Sc2ncn[nH]2)CC1. The molecule has 50 heavy (non-hydrogen) atoms. The lowest BCUT2D eigenvalue weighted by Crippen LogP contribution is -2.40. The van der Waals surface area contributed by atoms with Gasteiger partial charge in [0.05, 0.1) is 6.61 Å². The number of amides is 2. The van der Waals surface area contributed by atoms with Crippen molar-refractivity contribution in [1.82, 2.24) is 34.9 Å². The van der Waals surface area contributed by atoms with E-state index < -0.39 is 6.09 Å². The molecule has 2 amide bonds. The molecule has 12 nitrogen and oxygen atoms in total. The number of rotatable bonds is 12. The molecule has 4 aromatic rings. The van der Waals surface area contributed by atoms with Crippen LogP contribution in [0.25, 0.3) is 0 Å². The minimum Gasteiger partial charge on any atom is -0.493 e. The Morgan fingerprint density at radius 1 is 0.900 bits per heavy atom. The molecule has 0 bridgehead atoms. The van der Waals surface area contributed by atoms with Crippen molar-refractivity contribution in [2.24, 2.45) is 5.92 Å². The largest absolute Gasteiger partial charge is 0.493 e. The van der Waals surface area contributed by atoms with E-state index in [2.05, 4.69) is 62.4 Å². The second-order valence-corrected chi connectivity index (χ2v) is 13.9. The number of hydrogen-bond donors (Lipinski definition) is 2. The second-order valence-electron chi connectivity index (χ2n) is 12.6. The number of benzene rings is 2. The van der Waals surface area contributed by atoms with Crippen LogP contribution in [0.3, 0.4) is 0 Å². The zero-order valence-corrected chi connectivity index (χ0v) is 29.4. The average Bonchev–Trinajstić information content (AvgIpc) is 3.66. The van der Waals surface area contributed by atoms with Gasteiger partial charge in [0, 0.05) is 56.8 Å². The third-order valence-corrected chi connectivity index (χ3v) is 10.1. The molecule has 2 aliphatic heterocycles. The number of carbonyl (C=O) groups excluding carboxylic acids is 1. The zero-order valence-electron chi connectivity index (χ0n) is 28.6. The molecule has 2 aromatic carbocycles. The molecule has 2 aliphatic rings. The van der Waals surface area contributed by atoms with E-state index in [-0.39, 0.29) is 6.09 Å². The molecule has 0 saturated carbocycles. The van der Waals surface area contributed by atoms with Crippen LogP contribution >= 0.6 is 11.8 Å². The van der Waals surface area contributed by atoms with Crippen LogP contribution in [0.5, 0.6) is 11.5 Å². The van der Waals surface area contributed by atoms with E-state index in [9.17, 15) is 9.59 Å². The Hall–Kier alpha value is -4.62. The van der Waals surface area contributed by atoms with E-state index in [0.29, 0.717) is 36.6 Å². The van der Waals surface area contributed by atoms with Crippen molar-refractivity contribution in [2.75, 3.05) is 46.4 Å². The first kappa shape index (κ1) is 36.7. The molecule has 266 valence electrons. The van der Waals surface area contributed by atoms with Crippen LogP contribution in [0.2, 0.25) is 0 Å². The number of nitrogens with zero attached hydrogens (tertiary/aromatic N) is 6. The number of pyridine rings is 1. The van der Waals surface area contributed by atoms with Gasteiger partial charge in [-0.15, -0.1) is 0 Å². The standard InChI is InChI=1S/C29H35N3O3.C8H12N4O2S/c1-31(23-26-5-3-2-4-6-26)19-13-25-14-20-32(21-15-25)29(33)35-28-9-7-24(8-10-28)16-22-34-27-11-17-30-18-12-27;13-8(14)12-3-1-6(2-4-12)15-7-9-5-10-11-7/h2-12,17-18,25H,13-16,19-23H2,1H3;5-6H,1-4H2,(H,13,14)(H,9,10,11). The molecule has 0 aliphatic carbocycles. The Morgan fingerprint density at radius 2 is 1.60 bits per heavy atom. The summed E-state index contributed by atoms with van der Waals surface area (Å²) in [6.45, 7) is 5.38. The summed E-state index contributed by atoms with van der Waals surface area (Å²) in [4.78, 5) is 37.0. The van der Waals surface area contributed by atoms with Gasteiger partial charge in [0.15, 0.2) is 5.16 Å². The maximum absolute atomic E-state index is 12.6. The molecule has 2 fully saturated rings. The minimum absolute atomic E-state index is 0.251. The van der Waals surface area contributed by atoms with Crippen LogP contribution in [0.1, 0.15) is 43.2 Å². The molecule has 2 aromatic heterocycles. The van der Waals surface area contributed by atoms with Gasteiger partial charge in [0.2, 0.25) is 0 Å². The molecular weight excluding hydrogens is 655 g/mol. The van der Waals surface area contributed by atoms with Crippen molar-refractivity contribution in [3.8, 4) is 11.5 Å². The van der Waals surface area contributed by atoms with E-state index >= 15 is 0 Å². The smallest absolute Gasteiger partial charge is 0.415 e. The van der Waals surface area contributed by atoms with Crippen LogP contribution in [-0.2, 0) is 13.0 Å². The normalized spacial score (nSPS) is 15.3. The fraction of sp³-hybridized carbons (Fsp3) is 0.432. The number of hydrogen-bond acceptors (Lipinski definition) is 9. The van der Waals surface area contributed by atoms with E-state index in [0.717, 1.165) is 74.8 Å². The first-order valence-corrected chi connectivity index (χ1v) is 18.1. The van der Waals surface area contributed by atoms with Gasteiger partial charge in [-0.3, -0.25) is 10.1 Å². The number of aromatic nitrogens is 4. The summed E-state index contributed by atoms with van der Waals surface area (Å²) in [5.74, 6) is 2.05. The van der Waals surface area contributed by atoms with Gasteiger partial charge in [0.25, 0.3) is 0 Å². The maximum Gasteiger partial charge on any atom is 0.415 e. The predicted octanol–water partition coefficient (Wildman–Crippen LogP) is 6.48. The Morgan fingerprint density at radius 3 is 2.26 bits per heavy atom. The quantitative estimate of drug-likeness (QED) is 0.169. The number of aromatic amines is 1. The van der Waals surface area contributed by atoms with Crippen LogP contribution in [-0.4, -0.2) is 104 Å². The topological polar surface area (TPSA) is 137 Å². The summed E-state index contributed by atoms with van der Waals surface area (Å²) < 4.78 is 11.3. The third-order valence-electron chi connectivity index (χ3n) is 8.91. The zero-order chi connectivity index (χ0) is 35.0. The minimum atomic E-state index is -0.821. The van der Waals surface area contributed by atoms with Gasteiger partial charge >= 0.3 is 12.2 Å².